The second kappa shape index (κ2) is 7.84. The van der Waals surface area contributed by atoms with Crippen molar-refractivity contribution in [3.05, 3.63) is 35.9 Å². The van der Waals surface area contributed by atoms with Crippen molar-refractivity contribution >= 4 is 11.8 Å². The molecule has 6 heteroatoms. The van der Waals surface area contributed by atoms with E-state index in [2.05, 4.69) is 36.5 Å². The first-order valence-corrected chi connectivity index (χ1v) is 10.5. The number of rotatable bonds is 5. The van der Waals surface area contributed by atoms with Gasteiger partial charge in [-0.3, -0.25) is 14.8 Å². The van der Waals surface area contributed by atoms with Crippen LogP contribution in [0.25, 0.3) is 0 Å². The van der Waals surface area contributed by atoms with Gasteiger partial charge in [-0.1, -0.05) is 37.3 Å². The van der Waals surface area contributed by atoms with Gasteiger partial charge in [-0.05, 0) is 49.5 Å². The first kappa shape index (κ1) is 19.4. The van der Waals surface area contributed by atoms with Crippen LogP contribution in [0, 0.1) is 23.7 Å². The van der Waals surface area contributed by atoms with Crippen LogP contribution in [-0.2, 0) is 16.0 Å². The van der Waals surface area contributed by atoms with Gasteiger partial charge >= 0.3 is 0 Å². The van der Waals surface area contributed by atoms with Gasteiger partial charge in [0.2, 0.25) is 11.8 Å². The third-order valence-corrected chi connectivity index (χ3v) is 7.06. The maximum atomic E-state index is 13.3. The fourth-order valence-electron chi connectivity index (χ4n) is 5.43. The van der Waals surface area contributed by atoms with E-state index in [0.717, 1.165) is 45.3 Å². The Balaban J connectivity index is 1.38. The molecule has 152 valence electrons. The fraction of sp³-hybridized carbons (Fsp3) is 0.636. The molecule has 28 heavy (non-hydrogen) atoms. The molecule has 0 aromatic heterocycles. The van der Waals surface area contributed by atoms with Gasteiger partial charge in [0, 0.05) is 25.2 Å². The molecule has 6 nitrogen and oxygen atoms in total. The number of nitrogens with zero attached hydrogens (tertiary/aromatic N) is 1. The van der Waals surface area contributed by atoms with Gasteiger partial charge in [-0.15, -0.1) is 0 Å². The number of hydrogen-bond acceptors (Lipinski definition) is 4. The van der Waals surface area contributed by atoms with E-state index in [1.165, 1.54) is 5.56 Å². The average molecular weight is 386 g/mol. The summed E-state index contributed by atoms with van der Waals surface area (Å²) in [5, 5.41) is 12.6. The maximum absolute atomic E-state index is 13.3. The standard InChI is InChI=1S/C22H31N3O3/c1-15-11-22(14-23-22)12-18(20(26)24-28)19(15)21(27)25-10-9-17(13-25)8-7-16-5-3-2-4-6-16/h2-6,15,17-19,23,28H,7-14H2,1H3,(H,24,26). The monoisotopic (exact) mass is 385 g/mol. The summed E-state index contributed by atoms with van der Waals surface area (Å²) in [6.07, 6.45) is 4.70. The molecule has 1 spiro atoms. The van der Waals surface area contributed by atoms with Gasteiger partial charge in [0.1, 0.15) is 0 Å². The Morgan fingerprint density at radius 1 is 1.29 bits per heavy atom. The zero-order valence-electron chi connectivity index (χ0n) is 16.6. The van der Waals surface area contributed by atoms with E-state index in [0.29, 0.717) is 12.3 Å². The summed E-state index contributed by atoms with van der Waals surface area (Å²) in [7, 11) is 0. The lowest BCUT2D eigenvalue weighted by atomic mass is 9.67. The highest BCUT2D eigenvalue weighted by atomic mass is 16.5. The minimum atomic E-state index is -0.459. The Labute approximate surface area is 166 Å². The quantitative estimate of drug-likeness (QED) is 0.411. The largest absolute Gasteiger partial charge is 0.342 e. The maximum Gasteiger partial charge on any atom is 0.247 e. The van der Waals surface area contributed by atoms with Crippen LogP contribution in [0.15, 0.2) is 30.3 Å². The van der Waals surface area contributed by atoms with Gasteiger partial charge in [0.05, 0.1) is 11.8 Å². The molecule has 0 radical (unpaired) electrons. The number of likely N-dealkylation sites (tertiary alicyclic amines) is 1. The highest BCUT2D eigenvalue weighted by Crippen LogP contribution is 2.46. The van der Waals surface area contributed by atoms with Crippen molar-refractivity contribution in [3.8, 4) is 0 Å². The number of benzene rings is 1. The molecule has 3 fully saturated rings. The molecule has 1 aliphatic carbocycles. The van der Waals surface area contributed by atoms with E-state index in [-0.39, 0.29) is 23.3 Å². The number of aryl methyl sites for hydroxylation is 1. The Hall–Kier alpha value is -1.92. The predicted molar refractivity (Wildman–Crippen MR) is 105 cm³/mol. The lowest BCUT2D eigenvalue weighted by molar-refractivity contribution is -0.149. The van der Waals surface area contributed by atoms with Crippen LogP contribution in [0.1, 0.15) is 38.2 Å². The van der Waals surface area contributed by atoms with Crippen molar-refractivity contribution in [2.75, 3.05) is 19.6 Å². The Bertz CT molecular complexity index is 719. The second-order valence-electron chi connectivity index (χ2n) is 9.09. The third-order valence-electron chi connectivity index (χ3n) is 7.06. The minimum absolute atomic E-state index is 0.00337. The summed E-state index contributed by atoms with van der Waals surface area (Å²) in [6.45, 7) is 4.53. The van der Waals surface area contributed by atoms with E-state index in [4.69, 9.17) is 0 Å². The Morgan fingerprint density at radius 2 is 2.04 bits per heavy atom. The SMILES string of the molecule is CC1CC2(CN2)CC(C(=O)NO)C1C(=O)N1CCC(CCc2ccccc2)C1. The smallest absolute Gasteiger partial charge is 0.247 e. The number of nitrogens with one attached hydrogen (secondary N) is 2. The molecule has 1 aromatic rings. The summed E-state index contributed by atoms with van der Waals surface area (Å²) < 4.78 is 0. The molecular weight excluding hydrogens is 354 g/mol. The molecule has 4 rings (SSSR count). The van der Waals surface area contributed by atoms with Crippen LogP contribution in [0.2, 0.25) is 0 Å². The zero-order valence-corrected chi connectivity index (χ0v) is 16.6. The van der Waals surface area contributed by atoms with Gasteiger partial charge < -0.3 is 10.2 Å². The lowest BCUT2D eigenvalue weighted by Crippen LogP contribution is -2.51. The molecule has 2 amide bonds. The molecular formula is C22H31N3O3. The molecule has 3 aliphatic rings. The van der Waals surface area contributed by atoms with Crippen LogP contribution in [0.3, 0.4) is 0 Å². The van der Waals surface area contributed by atoms with Crippen LogP contribution < -0.4 is 10.8 Å². The first-order valence-electron chi connectivity index (χ1n) is 10.5. The van der Waals surface area contributed by atoms with Crippen LogP contribution in [-0.4, -0.2) is 47.1 Å². The van der Waals surface area contributed by atoms with Crippen molar-refractivity contribution in [2.45, 2.75) is 44.6 Å². The van der Waals surface area contributed by atoms with Crippen molar-refractivity contribution in [3.63, 3.8) is 0 Å². The third kappa shape index (κ3) is 3.94. The number of carbonyl (C=O) groups is 2. The summed E-state index contributed by atoms with van der Waals surface area (Å²) in [5.41, 5.74) is 3.15. The van der Waals surface area contributed by atoms with Crippen LogP contribution in [0.4, 0.5) is 0 Å². The summed E-state index contributed by atoms with van der Waals surface area (Å²) >= 11 is 0. The lowest BCUT2D eigenvalue weighted by Gasteiger charge is -2.40. The molecule has 3 N–H and O–H groups in total. The number of hydrogen-bond donors (Lipinski definition) is 3. The van der Waals surface area contributed by atoms with E-state index in [9.17, 15) is 14.8 Å². The summed E-state index contributed by atoms with van der Waals surface area (Å²) in [5.74, 6) is -0.476. The van der Waals surface area contributed by atoms with Gasteiger partial charge in [-0.25, -0.2) is 5.48 Å². The molecule has 5 atom stereocenters. The number of carbonyl (C=O) groups excluding carboxylic acids is 2. The Kier molecular flexibility index (Phi) is 5.43. The first-order chi connectivity index (χ1) is 13.5. The number of hydroxylamine groups is 1. The molecule has 2 aliphatic heterocycles. The number of amides is 2. The van der Waals surface area contributed by atoms with Crippen LogP contribution >= 0.6 is 0 Å². The summed E-state index contributed by atoms with van der Waals surface area (Å²) in [6, 6.07) is 10.5. The van der Waals surface area contributed by atoms with E-state index >= 15 is 0 Å². The average Bonchev–Trinajstić information content (AvgIpc) is 3.27. The molecule has 2 heterocycles. The highest BCUT2D eigenvalue weighted by Gasteiger charge is 2.55. The molecule has 1 aromatic carbocycles. The van der Waals surface area contributed by atoms with Crippen LogP contribution in [0.5, 0.6) is 0 Å². The molecule has 1 saturated carbocycles. The zero-order chi connectivity index (χ0) is 19.7. The van der Waals surface area contributed by atoms with E-state index < -0.39 is 11.8 Å². The van der Waals surface area contributed by atoms with E-state index in [1.54, 1.807) is 5.48 Å². The normalized spacial score (nSPS) is 34.4. The molecule has 2 saturated heterocycles. The van der Waals surface area contributed by atoms with Crippen molar-refractivity contribution < 1.29 is 14.8 Å². The Morgan fingerprint density at radius 3 is 2.71 bits per heavy atom. The molecule has 5 unspecified atom stereocenters. The summed E-state index contributed by atoms with van der Waals surface area (Å²) in [4.78, 5) is 27.6. The minimum Gasteiger partial charge on any atom is -0.342 e. The van der Waals surface area contributed by atoms with Crippen molar-refractivity contribution in [1.29, 1.82) is 0 Å². The topological polar surface area (TPSA) is 91.6 Å². The molecule has 0 bridgehead atoms. The predicted octanol–water partition coefficient (Wildman–Crippen LogP) is 1.98. The van der Waals surface area contributed by atoms with E-state index in [1.807, 2.05) is 11.0 Å². The van der Waals surface area contributed by atoms with Crippen molar-refractivity contribution in [1.82, 2.24) is 15.7 Å². The highest BCUT2D eigenvalue weighted by molar-refractivity contribution is 5.88. The fourth-order valence-corrected chi connectivity index (χ4v) is 5.43. The van der Waals surface area contributed by atoms with Gasteiger partial charge in [0.25, 0.3) is 0 Å². The second-order valence-corrected chi connectivity index (χ2v) is 9.09. The van der Waals surface area contributed by atoms with Gasteiger partial charge in [-0.2, -0.15) is 0 Å². The van der Waals surface area contributed by atoms with Crippen molar-refractivity contribution in [2.24, 2.45) is 23.7 Å². The van der Waals surface area contributed by atoms with Gasteiger partial charge in [0.15, 0.2) is 0 Å².